The molecule has 0 bridgehead atoms. The second-order valence-electron chi connectivity index (χ2n) is 3.46. The van der Waals surface area contributed by atoms with Gasteiger partial charge in [-0.05, 0) is 32.4 Å². The predicted octanol–water partition coefficient (Wildman–Crippen LogP) is 2.40. The zero-order valence-electron chi connectivity index (χ0n) is 9.31. The number of aromatic carboxylic acids is 1. The van der Waals surface area contributed by atoms with E-state index in [0.717, 1.165) is 5.69 Å². The standard InChI is InChI=1S/C11H12N2O2S/c1-6-4-7(2)13-10(9(6)11(14)15)16-8(3)5-12/h4,8H,1-3H3,(H,14,15). The monoisotopic (exact) mass is 236 g/mol. The number of carbonyl (C=O) groups is 1. The van der Waals surface area contributed by atoms with Crippen LogP contribution in [0.3, 0.4) is 0 Å². The average Bonchev–Trinajstić information content (AvgIpc) is 2.15. The lowest BCUT2D eigenvalue weighted by Crippen LogP contribution is -2.07. The van der Waals surface area contributed by atoms with Gasteiger partial charge in [-0.3, -0.25) is 0 Å². The van der Waals surface area contributed by atoms with Crippen molar-refractivity contribution >= 4 is 17.7 Å². The molecule has 0 saturated heterocycles. The molecule has 1 aromatic heterocycles. The van der Waals surface area contributed by atoms with Crippen molar-refractivity contribution in [3.8, 4) is 6.07 Å². The Morgan fingerprint density at radius 3 is 2.75 bits per heavy atom. The van der Waals surface area contributed by atoms with Crippen molar-refractivity contribution in [1.29, 1.82) is 5.26 Å². The van der Waals surface area contributed by atoms with Crippen molar-refractivity contribution < 1.29 is 9.90 Å². The quantitative estimate of drug-likeness (QED) is 0.816. The third kappa shape index (κ3) is 2.74. The number of hydrogen-bond acceptors (Lipinski definition) is 4. The van der Waals surface area contributed by atoms with Crippen LogP contribution in [0.2, 0.25) is 0 Å². The minimum atomic E-state index is -1.00. The maximum Gasteiger partial charge on any atom is 0.338 e. The van der Waals surface area contributed by atoms with E-state index in [9.17, 15) is 4.79 Å². The number of aromatic nitrogens is 1. The summed E-state index contributed by atoms with van der Waals surface area (Å²) in [6.07, 6.45) is 0. The smallest absolute Gasteiger partial charge is 0.338 e. The molecule has 4 nitrogen and oxygen atoms in total. The molecule has 0 aliphatic heterocycles. The minimum Gasteiger partial charge on any atom is -0.478 e. The largest absolute Gasteiger partial charge is 0.478 e. The lowest BCUT2D eigenvalue weighted by molar-refractivity contribution is 0.0691. The molecule has 0 fully saturated rings. The molecule has 0 aliphatic carbocycles. The van der Waals surface area contributed by atoms with Crippen molar-refractivity contribution in [1.82, 2.24) is 4.98 Å². The third-order valence-electron chi connectivity index (χ3n) is 2.00. The summed E-state index contributed by atoms with van der Waals surface area (Å²) in [7, 11) is 0. The van der Waals surface area contributed by atoms with E-state index in [1.807, 2.05) is 6.07 Å². The number of carboxylic acid groups (broad SMARTS) is 1. The van der Waals surface area contributed by atoms with Crippen LogP contribution in [0, 0.1) is 25.2 Å². The van der Waals surface area contributed by atoms with Gasteiger partial charge in [0, 0.05) is 5.69 Å². The fourth-order valence-electron chi connectivity index (χ4n) is 1.34. The van der Waals surface area contributed by atoms with Crippen LogP contribution in [-0.2, 0) is 0 Å². The van der Waals surface area contributed by atoms with E-state index in [4.69, 9.17) is 10.4 Å². The van der Waals surface area contributed by atoms with Crippen LogP contribution in [0.4, 0.5) is 0 Å². The van der Waals surface area contributed by atoms with Crippen LogP contribution in [-0.4, -0.2) is 21.3 Å². The van der Waals surface area contributed by atoms with E-state index < -0.39 is 5.97 Å². The first-order chi connectivity index (χ1) is 7.45. The van der Waals surface area contributed by atoms with Gasteiger partial charge in [-0.15, -0.1) is 0 Å². The normalized spacial score (nSPS) is 11.9. The lowest BCUT2D eigenvalue weighted by atomic mass is 10.1. The molecule has 1 heterocycles. The van der Waals surface area contributed by atoms with Crippen LogP contribution in [0.1, 0.15) is 28.5 Å². The molecule has 0 radical (unpaired) electrons. The van der Waals surface area contributed by atoms with E-state index >= 15 is 0 Å². The first kappa shape index (κ1) is 12.5. The number of nitriles is 1. The van der Waals surface area contributed by atoms with Gasteiger partial charge in [-0.1, -0.05) is 11.8 Å². The van der Waals surface area contributed by atoms with Crippen molar-refractivity contribution in [2.75, 3.05) is 0 Å². The molecule has 1 aromatic rings. The number of aryl methyl sites for hydroxylation is 2. The zero-order valence-corrected chi connectivity index (χ0v) is 10.1. The highest BCUT2D eigenvalue weighted by Crippen LogP contribution is 2.27. The van der Waals surface area contributed by atoms with Gasteiger partial charge in [0.1, 0.15) is 5.03 Å². The Bertz CT molecular complexity index is 466. The van der Waals surface area contributed by atoms with Gasteiger partial charge in [0.2, 0.25) is 0 Å². The summed E-state index contributed by atoms with van der Waals surface area (Å²) in [5.74, 6) is -1.00. The molecule has 5 heteroatoms. The molecule has 1 N–H and O–H groups in total. The minimum absolute atomic E-state index is 0.192. The summed E-state index contributed by atoms with van der Waals surface area (Å²) in [4.78, 5) is 15.3. The summed E-state index contributed by atoms with van der Waals surface area (Å²) in [5.41, 5.74) is 1.63. The summed E-state index contributed by atoms with van der Waals surface area (Å²) in [5, 5.41) is 17.9. The van der Waals surface area contributed by atoms with E-state index in [0.29, 0.717) is 10.6 Å². The molecule has 1 rings (SSSR count). The molecule has 16 heavy (non-hydrogen) atoms. The Labute approximate surface area is 98.3 Å². The Morgan fingerprint density at radius 2 is 2.25 bits per heavy atom. The summed E-state index contributed by atoms with van der Waals surface area (Å²) in [6, 6.07) is 3.78. The van der Waals surface area contributed by atoms with E-state index in [-0.39, 0.29) is 10.8 Å². The van der Waals surface area contributed by atoms with Crippen molar-refractivity contribution in [3.05, 3.63) is 22.9 Å². The number of pyridine rings is 1. The first-order valence-corrected chi connectivity index (χ1v) is 5.61. The molecule has 0 amide bonds. The van der Waals surface area contributed by atoms with Crippen LogP contribution in [0.5, 0.6) is 0 Å². The fraction of sp³-hybridized carbons (Fsp3) is 0.364. The Hall–Kier alpha value is -1.54. The predicted molar refractivity (Wildman–Crippen MR) is 61.6 cm³/mol. The van der Waals surface area contributed by atoms with Crippen molar-refractivity contribution in [3.63, 3.8) is 0 Å². The topological polar surface area (TPSA) is 74.0 Å². The number of rotatable bonds is 3. The highest BCUT2D eigenvalue weighted by molar-refractivity contribution is 8.00. The SMILES string of the molecule is Cc1cc(C)c(C(=O)O)c(SC(C)C#N)n1. The summed E-state index contributed by atoms with van der Waals surface area (Å²) < 4.78 is 0. The number of thioether (sulfide) groups is 1. The maximum absolute atomic E-state index is 11.1. The van der Waals surface area contributed by atoms with Gasteiger partial charge >= 0.3 is 5.97 Å². The molecular formula is C11H12N2O2S. The average molecular weight is 236 g/mol. The molecule has 0 aliphatic rings. The third-order valence-corrected chi connectivity index (χ3v) is 2.97. The highest BCUT2D eigenvalue weighted by Gasteiger charge is 2.17. The van der Waals surface area contributed by atoms with Crippen LogP contribution < -0.4 is 0 Å². The van der Waals surface area contributed by atoms with Crippen LogP contribution in [0.15, 0.2) is 11.1 Å². The van der Waals surface area contributed by atoms with Gasteiger partial charge < -0.3 is 5.11 Å². The van der Waals surface area contributed by atoms with Gasteiger partial charge in [-0.2, -0.15) is 5.26 Å². The molecule has 1 unspecified atom stereocenters. The fourth-order valence-corrected chi connectivity index (χ4v) is 2.29. The van der Waals surface area contributed by atoms with Gasteiger partial charge in [-0.25, -0.2) is 9.78 Å². The van der Waals surface area contributed by atoms with Crippen LogP contribution in [0.25, 0.3) is 0 Å². The molecular weight excluding hydrogens is 224 g/mol. The van der Waals surface area contributed by atoms with Crippen molar-refractivity contribution in [2.45, 2.75) is 31.0 Å². The van der Waals surface area contributed by atoms with E-state index in [1.165, 1.54) is 11.8 Å². The van der Waals surface area contributed by atoms with Gasteiger partial charge in [0.05, 0.1) is 16.9 Å². The number of carboxylic acids is 1. The molecule has 0 saturated carbocycles. The second kappa shape index (κ2) is 4.99. The van der Waals surface area contributed by atoms with Crippen LogP contribution >= 0.6 is 11.8 Å². The Balaban J connectivity index is 3.25. The molecule has 0 spiro atoms. The lowest BCUT2D eigenvalue weighted by Gasteiger charge is -2.09. The summed E-state index contributed by atoms with van der Waals surface area (Å²) in [6.45, 7) is 5.26. The second-order valence-corrected chi connectivity index (χ2v) is 4.78. The van der Waals surface area contributed by atoms with E-state index in [2.05, 4.69) is 4.98 Å². The number of nitrogens with zero attached hydrogens (tertiary/aromatic N) is 2. The maximum atomic E-state index is 11.1. The van der Waals surface area contributed by atoms with Gasteiger partial charge in [0.25, 0.3) is 0 Å². The molecule has 0 aromatic carbocycles. The van der Waals surface area contributed by atoms with Crippen molar-refractivity contribution in [2.24, 2.45) is 0 Å². The number of hydrogen-bond donors (Lipinski definition) is 1. The Kier molecular flexibility index (Phi) is 3.91. The first-order valence-electron chi connectivity index (χ1n) is 4.73. The van der Waals surface area contributed by atoms with E-state index in [1.54, 1.807) is 26.8 Å². The zero-order chi connectivity index (χ0) is 12.3. The summed E-state index contributed by atoms with van der Waals surface area (Å²) >= 11 is 1.17. The van der Waals surface area contributed by atoms with Gasteiger partial charge in [0.15, 0.2) is 0 Å². The Morgan fingerprint density at radius 1 is 1.62 bits per heavy atom. The highest BCUT2D eigenvalue weighted by atomic mass is 32.2. The molecule has 84 valence electrons. The molecule has 1 atom stereocenters.